The fraction of sp³-hybridized carbons (Fsp3) is 0.917. The molecule has 1 aliphatic rings. The van der Waals surface area contributed by atoms with Gasteiger partial charge < -0.3 is 4.90 Å². The molecule has 0 saturated heterocycles. The lowest BCUT2D eigenvalue weighted by Crippen LogP contribution is -2.38. The number of hydrogen-bond donors (Lipinski definition) is 1. The molecular formula is C12H24N2S. The Balaban J connectivity index is 2.36. The molecule has 0 radical (unpaired) electrons. The summed E-state index contributed by atoms with van der Waals surface area (Å²) in [7, 11) is 2.09. The second kappa shape index (κ2) is 6.41. The molecule has 1 fully saturated rings. The first kappa shape index (κ1) is 12.9. The highest BCUT2D eigenvalue weighted by molar-refractivity contribution is 7.98. The van der Waals surface area contributed by atoms with Gasteiger partial charge in [-0.2, -0.15) is 11.8 Å². The molecule has 0 aliphatic heterocycles. The Labute approximate surface area is 98.3 Å². The number of amidine groups is 1. The van der Waals surface area contributed by atoms with Gasteiger partial charge in [0.05, 0.1) is 5.84 Å². The highest BCUT2D eigenvalue weighted by Crippen LogP contribution is 2.27. The third kappa shape index (κ3) is 3.71. The SMILES string of the molecule is CSCCC(C)N(C)C(=N)C1CCCC1. The number of nitrogens with zero attached hydrogens (tertiary/aromatic N) is 1. The molecule has 0 bridgehead atoms. The van der Waals surface area contributed by atoms with Crippen LogP contribution in [0.25, 0.3) is 0 Å². The van der Waals surface area contributed by atoms with E-state index in [0.717, 1.165) is 5.84 Å². The minimum Gasteiger partial charge on any atom is -0.361 e. The van der Waals surface area contributed by atoms with Gasteiger partial charge in [-0.25, -0.2) is 0 Å². The van der Waals surface area contributed by atoms with E-state index in [1.165, 1.54) is 37.9 Å². The Morgan fingerprint density at radius 1 is 1.47 bits per heavy atom. The van der Waals surface area contributed by atoms with Crippen molar-refractivity contribution >= 4 is 17.6 Å². The summed E-state index contributed by atoms with van der Waals surface area (Å²) in [5.74, 6) is 2.62. The van der Waals surface area contributed by atoms with Crippen LogP contribution in [0.5, 0.6) is 0 Å². The quantitative estimate of drug-likeness (QED) is 0.578. The standard InChI is InChI=1S/C12H24N2S/c1-10(8-9-15-3)14(2)12(13)11-6-4-5-7-11/h10-11,13H,4-9H2,1-3H3. The van der Waals surface area contributed by atoms with E-state index in [4.69, 9.17) is 5.41 Å². The summed E-state index contributed by atoms with van der Waals surface area (Å²) in [5, 5.41) is 8.18. The van der Waals surface area contributed by atoms with Gasteiger partial charge in [0.2, 0.25) is 0 Å². The van der Waals surface area contributed by atoms with Gasteiger partial charge in [-0.05, 0) is 38.2 Å². The number of thioether (sulfide) groups is 1. The van der Waals surface area contributed by atoms with Crippen LogP contribution in [0.3, 0.4) is 0 Å². The molecule has 88 valence electrons. The fourth-order valence-electron chi connectivity index (χ4n) is 2.21. The molecule has 15 heavy (non-hydrogen) atoms. The van der Waals surface area contributed by atoms with Crippen molar-refractivity contribution < 1.29 is 0 Å². The Morgan fingerprint density at radius 2 is 2.07 bits per heavy atom. The normalized spacial score (nSPS) is 19.1. The summed E-state index contributed by atoms with van der Waals surface area (Å²) in [6.45, 7) is 2.24. The van der Waals surface area contributed by atoms with E-state index in [0.29, 0.717) is 12.0 Å². The molecule has 0 heterocycles. The zero-order valence-electron chi connectivity index (χ0n) is 10.3. The monoisotopic (exact) mass is 228 g/mol. The Kier molecular flexibility index (Phi) is 5.51. The van der Waals surface area contributed by atoms with Crippen LogP contribution in [0.4, 0.5) is 0 Å². The van der Waals surface area contributed by atoms with Crippen molar-refractivity contribution in [2.45, 2.75) is 45.1 Å². The zero-order valence-corrected chi connectivity index (χ0v) is 11.1. The molecule has 1 rings (SSSR count). The number of hydrogen-bond acceptors (Lipinski definition) is 2. The predicted molar refractivity (Wildman–Crippen MR) is 69.9 cm³/mol. The van der Waals surface area contributed by atoms with Gasteiger partial charge in [-0.3, -0.25) is 5.41 Å². The molecule has 0 aromatic heterocycles. The van der Waals surface area contributed by atoms with Crippen LogP contribution in [-0.4, -0.2) is 35.8 Å². The van der Waals surface area contributed by atoms with Crippen LogP contribution < -0.4 is 0 Å². The van der Waals surface area contributed by atoms with Crippen LogP contribution in [0.15, 0.2) is 0 Å². The van der Waals surface area contributed by atoms with Gasteiger partial charge in [0, 0.05) is 19.0 Å². The summed E-state index contributed by atoms with van der Waals surface area (Å²) in [6.07, 6.45) is 8.44. The van der Waals surface area contributed by atoms with Gasteiger partial charge in [0.25, 0.3) is 0 Å². The number of nitrogens with one attached hydrogen (secondary N) is 1. The maximum atomic E-state index is 8.18. The van der Waals surface area contributed by atoms with Crippen LogP contribution in [0.2, 0.25) is 0 Å². The third-order valence-corrected chi connectivity index (χ3v) is 4.17. The van der Waals surface area contributed by atoms with E-state index in [-0.39, 0.29) is 0 Å². The molecule has 0 amide bonds. The lowest BCUT2D eigenvalue weighted by molar-refractivity contribution is 0.359. The van der Waals surface area contributed by atoms with Crippen LogP contribution in [0, 0.1) is 11.3 Å². The second-order valence-electron chi connectivity index (χ2n) is 4.61. The van der Waals surface area contributed by atoms with Crippen LogP contribution >= 0.6 is 11.8 Å². The molecule has 0 aromatic carbocycles. The van der Waals surface area contributed by atoms with E-state index in [2.05, 4.69) is 25.1 Å². The highest BCUT2D eigenvalue weighted by Gasteiger charge is 2.24. The largest absolute Gasteiger partial charge is 0.361 e. The Bertz CT molecular complexity index is 200. The second-order valence-corrected chi connectivity index (χ2v) is 5.59. The van der Waals surface area contributed by atoms with Crippen molar-refractivity contribution in [2.24, 2.45) is 5.92 Å². The van der Waals surface area contributed by atoms with Crippen LogP contribution in [0.1, 0.15) is 39.0 Å². The van der Waals surface area contributed by atoms with Crippen molar-refractivity contribution in [3.63, 3.8) is 0 Å². The summed E-state index contributed by atoms with van der Waals surface area (Å²) in [5.41, 5.74) is 0. The van der Waals surface area contributed by atoms with Gasteiger partial charge in [0.15, 0.2) is 0 Å². The third-order valence-electron chi connectivity index (χ3n) is 3.52. The van der Waals surface area contributed by atoms with E-state index in [1.807, 2.05) is 11.8 Å². The van der Waals surface area contributed by atoms with Gasteiger partial charge in [-0.1, -0.05) is 12.8 Å². The molecule has 1 atom stereocenters. The maximum absolute atomic E-state index is 8.18. The van der Waals surface area contributed by atoms with Crippen LogP contribution in [-0.2, 0) is 0 Å². The van der Waals surface area contributed by atoms with E-state index in [9.17, 15) is 0 Å². The molecule has 1 unspecified atom stereocenters. The average Bonchev–Trinajstić information content (AvgIpc) is 2.77. The summed E-state index contributed by atoms with van der Waals surface area (Å²) in [4.78, 5) is 2.19. The van der Waals surface area contributed by atoms with Crippen molar-refractivity contribution in [1.82, 2.24) is 4.90 Å². The first-order valence-electron chi connectivity index (χ1n) is 5.97. The van der Waals surface area contributed by atoms with E-state index >= 15 is 0 Å². The molecule has 3 heteroatoms. The fourth-order valence-corrected chi connectivity index (χ4v) is 2.78. The molecule has 0 spiro atoms. The molecule has 1 saturated carbocycles. The van der Waals surface area contributed by atoms with Crippen molar-refractivity contribution in [3.8, 4) is 0 Å². The highest BCUT2D eigenvalue weighted by atomic mass is 32.2. The number of rotatable bonds is 5. The van der Waals surface area contributed by atoms with Crippen molar-refractivity contribution in [2.75, 3.05) is 19.1 Å². The molecule has 0 aromatic rings. The Hall–Kier alpha value is -0.180. The summed E-state index contributed by atoms with van der Waals surface area (Å²) in [6, 6.07) is 0.519. The minimum absolute atomic E-state index is 0.519. The smallest absolute Gasteiger partial charge is 0.0989 e. The lowest BCUT2D eigenvalue weighted by Gasteiger charge is -2.30. The maximum Gasteiger partial charge on any atom is 0.0989 e. The summed E-state index contributed by atoms with van der Waals surface area (Å²) < 4.78 is 0. The van der Waals surface area contributed by atoms with Gasteiger partial charge >= 0.3 is 0 Å². The zero-order chi connectivity index (χ0) is 11.3. The van der Waals surface area contributed by atoms with Crippen molar-refractivity contribution in [1.29, 1.82) is 5.41 Å². The minimum atomic E-state index is 0.519. The van der Waals surface area contributed by atoms with Crippen molar-refractivity contribution in [3.05, 3.63) is 0 Å². The van der Waals surface area contributed by atoms with Gasteiger partial charge in [-0.15, -0.1) is 0 Å². The molecular weight excluding hydrogens is 204 g/mol. The topological polar surface area (TPSA) is 27.1 Å². The predicted octanol–water partition coefficient (Wildman–Crippen LogP) is 3.23. The Morgan fingerprint density at radius 3 is 2.60 bits per heavy atom. The molecule has 2 nitrogen and oxygen atoms in total. The van der Waals surface area contributed by atoms with E-state index < -0.39 is 0 Å². The average molecular weight is 228 g/mol. The van der Waals surface area contributed by atoms with E-state index in [1.54, 1.807) is 0 Å². The molecule has 1 N–H and O–H groups in total. The molecule has 1 aliphatic carbocycles. The first-order valence-corrected chi connectivity index (χ1v) is 7.36. The summed E-state index contributed by atoms with van der Waals surface area (Å²) >= 11 is 1.89. The first-order chi connectivity index (χ1) is 7.16. The van der Waals surface area contributed by atoms with Gasteiger partial charge in [0.1, 0.15) is 0 Å². The lowest BCUT2D eigenvalue weighted by atomic mass is 10.0.